The first-order valence-electron chi connectivity index (χ1n) is 5.89. The van der Waals surface area contributed by atoms with Crippen molar-refractivity contribution in [3.8, 4) is 5.75 Å². The number of rotatable bonds is 4. The maximum absolute atomic E-state index is 14.3. The Morgan fingerprint density at radius 1 is 1.17 bits per heavy atom. The third kappa shape index (κ3) is 3.42. The van der Waals surface area contributed by atoms with Gasteiger partial charge in [-0.15, -0.1) is 0 Å². The van der Waals surface area contributed by atoms with Crippen molar-refractivity contribution in [1.29, 1.82) is 0 Å². The van der Waals surface area contributed by atoms with E-state index in [-0.39, 0.29) is 11.3 Å². The van der Waals surface area contributed by atoms with Crippen LogP contribution in [0.2, 0.25) is 0 Å². The maximum Gasteiger partial charge on any atom is 0.278 e. The Hall–Kier alpha value is -1.16. The van der Waals surface area contributed by atoms with Crippen molar-refractivity contribution < 1.29 is 13.5 Å². The Bertz CT molecular complexity index is 436. The maximum atomic E-state index is 14.3. The van der Waals surface area contributed by atoms with E-state index in [2.05, 4.69) is 0 Å². The molecule has 0 radical (unpaired) electrons. The van der Waals surface area contributed by atoms with Crippen LogP contribution in [0.25, 0.3) is 0 Å². The lowest BCUT2D eigenvalue weighted by atomic mass is 9.91. The zero-order valence-corrected chi connectivity index (χ0v) is 11.6. The van der Waals surface area contributed by atoms with Gasteiger partial charge < -0.3 is 10.5 Å². The first-order valence-corrected chi connectivity index (χ1v) is 5.89. The van der Waals surface area contributed by atoms with Gasteiger partial charge in [0.2, 0.25) is 0 Å². The molecule has 0 aromatic heterocycles. The first kappa shape index (κ1) is 14.9. The van der Waals surface area contributed by atoms with Crippen LogP contribution in [0, 0.1) is 13.8 Å². The highest BCUT2D eigenvalue weighted by molar-refractivity contribution is 5.44. The molecule has 2 N–H and O–H groups in total. The zero-order valence-electron chi connectivity index (χ0n) is 11.6. The normalized spacial score (nSPS) is 12.7. The summed E-state index contributed by atoms with van der Waals surface area (Å²) in [5, 5.41) is 0. The van der Waals surface area contributed by atoms with Crippen molar-refractivity contribution in [2.24, 2.45) is 5.73 Å². The van der Waals surface area contributed by atoms with E-state index in [0.717, 1.165) is 11.1 Å². The Kier molecular flexibility index (Phi) is 4.01. The van der Waals surface area contributed by atoms with Gasteiger partial charge in [0.05, 0.1) is 12.7 Å². The summed E-state index contributed by atoms with van der Waals surface area (Å²) in [6, 6.07) is 3.13. The fourth-order valence-corrected chi connectivity index (χ4v) is 1.91. The molecule has 102 valence electrons. The van der Waals surface area contributed by atoms with Gasteiger partial charge >= 0.3 is 0 Å². The fourth-order valence-electron chi connectivity index (χ4n) is 1.91. The minimum atomic E-state index is -3.00. The molecule has 0 saturated carbocycles. The summed E-state index contributed by atoms with van der Waals surface area (Å²) < 4.78 is 33.6. The van der Waals surface area contributed by atoms with Crippen LogP contribution < -0.4 is 10.5 Å². The second-order valence-electron chi connectivity index (χ2n) is 5.51. The van der Waals surface area contributed by atoms with Crippen LogP contribution in [0.1, 0.15) is 37.0 Å². The molecule has 0 saturated heterocycles. The molecule has 0 unspecified atom stereocenters. The molecule has 0 amide bonds. The molecule has 0 heterocycles. The van der Waals surface area contributed by atoms with Crippen molar-refractivity contribution in [3.63, 3.8) is 0 Å². The van der Waals surface area contributed by atoms with Crippen LogP contribution in [0.3, 0.4) is 0 Å². The summed E-state index contributed by atoms with van der Waals surface area (Å²) in [5.41, 5.74) is 6.42. The van der Waals surface area contributed by atoms with Gasteiger partial charge in [-0.05, 0) is 51.0 Å². The fraction of sp³-hybridized carbons (Fsp3) is 0.571. The molecule has 0 bridgehead atoms. The Balaban J connectivity index is 3.26. The third-order valence-electron chi connectivity index (χ3n) is 2.89. The molecular formula is C14H21F2NO. The highest BCUT2D eigenvalue weighted by Crippen LogP contribution is 2.41. The molecule has 0 atom stereocenters. The summed E-state index contributed by atoms with van der Waals surface area (Å²) in [7, 11) is 1.40. The Labute approximate surface area is 107 Å². The molecular weight excluding hydrogens is 236 g/mol. The lowest BCUT2D eigenvalue weighted by Crippen LogP contribution is -2.38. The molecule has 0 aliphatic rings. The number of aryl methyl sites for hydroxylation is 2. The van der Waals surface area contributed by atoms with Crippen LogP contribution in [0.15, 0.2) is 12.1 Å². The van der Waals surface area contributed by atoms with Crippen LogP contribution in [-0.2, 0) is 5.92 Å². The molecule has 4 heteroatoms. The highest BCUT2D eigenvalue weighted by Gasteiger charge is 2.39. The van der Waals surface area contributed by atoms with E-state index in [4.69, 9.17) is 10.5 Å². The third-order valence-corrected chi connectivity index (χ3v) is 2.89. The van der Waals surface area contributed by atoms with E-state index in [0.29, 0.717) is 0 Å². The predicted octanol–water partition coefficient (Wildman–Crippen LogP) is 3.53. The van der Waals surface area contributed by atoms with Crippen molar-refractivity contribution in [3.05, 3.63) is 28.8 Å². The smallest absolute Gasteiger partial charge is 0.278 e. The van der Waals surface area contributed by atoms with Gasteiger partial charge in [-0.2, -0.15) is 0 Å². The number of alkyl halides is 2. The number of hydrogen-bond acceptors (Lipinski definition) is 2. The zero-order chi connectivity index (χ0) is 14.1. The monoisotopic (exact) mass is 257 g/mol. The first-order chi connectivity index (χ1) is 8.07. The van der Waals surface area contributed by atoms with E-state index in [1.807, 2.05) is 13.8 Å². The lowest BCUT2D eigenvalue weighted by Gasteiger charge is -2.27. The van der Waals surface area contributed by atoms with E-state index in [1.165, 1.54) is 13.2 Å². The van der Waals surface area contributed by atoms with Gasteiger partial charge in [-0.3, -0.25) is 0 Å². The number of ether oxygens (including phenoxy) is 1. The summed E-state index contributed by atoms with van der Waals surface area (Å²) in [6.45, 7) is 6.86. The molecule has 18 heavy (non-hydrogen) atoms. The highest BCUT2D eigenvalue weighted by atomic mass is 19.3. The predicted molar refractivity (Wildman–Crippen MR) is 69.2 cm³/mol. The van der Waals surface area contributed by atoms with E-state index in [1.54, 1.807) is 19.9 Å². The standard InChI is InChI=1S/C14H21F2NO/c1-9-6-11(12(18-5)7-10(9)2)14(15,16)8-13(3,4)17/h6-7H,8,17H2,1-5H3. The molecule has 0 spiro atoms. The molecule has 1 rings (SSSR count). The summed E-state index contributed by atoms with van der Waals surface area (Å²) in [4.78, 5) is 0. The van der Waals surface area contributed by atoms with Crippen LogP contribution in [0.5, 0.6) is 5.75 Å². The molecule has 0 aliphatic carbocycles. The SMILES string of the molecule is COc1cc(C)c(C)cc1C(F)(F)CC(C)(C)N. The number of methoxy groups -OCH3 is 1. The molecule has 1 aromatic rings. The minimum Gasteiger partial charge on any atom is -0.496 e. The molecule has 0 fully saturated rings. The van der Waals surface area contributed by atoms with Crippen molar-refractivity contribution in [2.45, 2.75) is 45.6 Å². The van der Waals surface area contributed by atoms with Crippen LogP contribution in [-0.4, -0.2) is 12.6 Å². The second-order valence-corrected chi connectivity index (χ2v) is 5.51. The number of nitrogens with two attached hydrogens (primary N) is 1. The molecule has 2 nitrogen and oxygen atoms in total. The van der Waals surface area contributed by atoms with Gasteiger partial charge in [0.25, 0.3) is 5.92 Å². The number of hydrogen-bond donors (Lipinski definition) is 1. The van der Waals surface area contributed by atoms with Gasteiger partial charge in [0.1, 0.15) is 5.75 Å². The van der Waals surface area contributed by atoms with Crippen LogP contribution in [0.4, 0.5) is 8.78 Å². The van der Waals surface area contributed by atoms with E-state index in [9.17, 15) is 8.78 Å². The number of benzene rings is 1. The minimum absolute atomic E-state index is 0.0911. The van der Waals surface area contributed by atoms with Gasteiger partial charge in [-0.1, -0.05) is 0 Å². The largest absolute Gasteiger partial charge is 0.496 e. The summed E-state index contributed by atoms with van der Waals surface area (Å²) in [6.07, 6.45) is -0.418. The van der Waals surface area contributed by atoms with E-state index >= 15 is 0 Å². The van der Waals surface area contributed by atoms with Crippen molar-refractivity contribution >= 4 is 0 Å². The summed E-state index contributed by atoms with van der Waals surface area (Å²) >= 11 is 0. The average Bonchev–Trinajstić information content (AvgIpc) is 2.17. The van der Waals surface area contributed by atoms with Gasteiger partial charge in [0, 0.05) is 12.0 Å². The Morgan fingerprint density at radius 2 is 1.67 bits per heavy atom. The summed E-state index contributed by atoms with van der Waals surface area (Å²) in [5.74, 6) is -2.78. The van der Waals surface area contributed by atoms with Gasteiger partial charge in [0.15, 0.2) is 0 Å². The van der Waals surface area contributed by atoms with Gasteiger partial charge in [-0.25, -0.2) is 8.78 Å². The molecule has 1 aromatic carbocycles. The van der Waals surface area contributed by atoms with Crippen molar-refractivity contribution in [2.75, 3.05) is 7.11 Å². The number of halogens is 2. The second kappa shape index (κ2) is 4.84. The average molecular weight is 257 g/mol. The quantitative estimate of drug-likeness (QED) is 0.895. The topological polar surface area (TPSA) is 35.2 Å². The Morgan fingerprint density at radius 3 is 2.11 bits per heavy atom. The lowest BCUT2D eigenvalue weighted by molar-refractivity contribution is -0.0314. The van der Waals surface area contributed by atoms with Crippen LogP contribution >= 0.6 is 0 Å². The van der Waals surface area contributed by atoms with Crippen molar-refractivity contribution in [1.82, 2.24) is 0 Å². The van der Waals surface area contributed by atoms with E-state index < -0.39 is 17.9 Å². The molecule has 0 aliphatic heterocycles.